The number of halogens is 1. The lowest BCUT2D eigenvalue weighted by atomic mass is 10.2. The van der Waals surface area contributed by atoms with Crippen LogP contribution in [0.5, 0.6) is 5.75 Å². The second-order valence-electron chi connectivity index (χ2n) is 5.14. The number of nitrogens with zero attached hydrogens (tertiary/aromatic N) is 1. The Morgan fingerprint density at radius 2 is 1.96 bits per heavy atom. The van der Waals surface area contributed by atoms with Gasteiger partial charge in [-0.15, -0.1) is 0 Å². The number of aromatic carboxylic acids is 1. The number of carbonyl (C=O) groups is 2. The molecule has 0 fully saturated rings. The Bertz CT molecular complexity index is 723. The molecule has 0 bridgehead atoms. The van der Waals surface area contributed by atoms with Crippen molar-refractivity contribution in [3.63, 3.8) is 0 Å². The first-order chi connectivity index (χ1) is 11.4. The fraction of sp³-hybridized carbons (Fsp3) is 0.294. The Kier molecular flexibility index (Phi) is 6.03. The van der Waals surface area contributed by atoms with Crippen molar-refractivity contribution in [1.29, 1.82) is 0 Å². The average molecular weight is 396 g/mol. The molecular formula is C17H18BrNO5. The van der Waals surface area contributed by atoms with E-state index in [9.17, 15) is 9.59 Å². The summed E-state index contributed by atoms with van der Waals surface area (Å²) in [6, 6.07) is 8.66. The van der Waals surface area contributed by atoms with E-state index in [0.717, 1.165) is 4.47 Å². The van der Waals surface area contributed by atoms with E-state index in [1.165, 1.54) is 11.0 Å². The zero-order valence-electron chi connectivity index (χ0n) is 13.4. The van der Waals surface area contributed by atoms with Crippen molar-refractivity contribution in [2.75, 3.05) is 20.2 Å². The first kappa shape index (κ1) is 18.1. The van der Waals surface area contributed by atoms with Gasteiger partial charge in [0.1, 0.15) is 23.7 Å². The molecule has 1 N–H and O–H groups in total. The summed E-state index contributed by atoms with van der Waals surface area (Å²) in [4.78, 5) is 24.9. The number of carbonyl (C=O) groups excluding carboxylic acids is 1. The highest BCUT2D eigenvalue weighted by Crippen LogP contribution is 2.18. The molecule has 0 atom stereocenters. The Morgan fingerprint density at radius 1 is 1.29 bits per heavy atom. The van der Waals surface area contributed by atoms with Gasteiger partial charge in [-0.3, -0.25) is 4.79 Å². The van der Waals surface area contributed by atoms with Gasteiger partial charge < -0.3 is 19.2 Å². The quantitative estimate of drug-likeness (QED) is 0.776. The maximum absolute atomic E-state index is 12.3. The molecule has 2 aromatic rings. The summed E-state index contributed by atoms with van der Waals surface area (Å²) in [6.45, 7) is 2.44. The zero-order valence-corrected chi connectivity index (χ0v) is 15.0. The Labute approximate surface area is 148 Å². The highest BCUT2D eigenvalue weighted by molar-refractivity contribution is 9.10. The molecule has 1 heterocycles. The number of carboxylic acid groups (broad SMARTS) is 1. The number of furan rings is 1. The van der Waals surface area contributed by atoms with Crippen molar-refractivity contribution in [2.45, 2.75) is 13.3 Å². The molecular weight excluding hydrogens is 378 g/mol. The predicted octanol–water partition coefficient (Wildman–Crippen LogP) is 3.45. The second-order valence-corrected chi connectivity index (χ2v) is 6.05. The van der Waals surface area contributed by atoms with E-state index in [1.54, 1.807) is 14.0 Å². The Hall–Kier alpha value is -2.28. The highest BCUT2D eigenvalue weighted by Gasteiger charge is 2.22. The monoisotopic (exact) mass is 395 g/mol. The zero-order chi connectivity index (χ0) is 17.7. The molecule has 0 aliphatic heterocycles. The smallest absolute Gasteiger partial charge is 0.339 e. The molecule has 0 saturated carbocycles. The maximum atomic E-state index is 12.3. The normalized spacial score (nSPS) is 10.5. The molecule has 6 nitrogen and oxygen atoms in total. The van der Waals surface area contributed by atoms with Crippen molar-refractivity contribution in [2.24, 2.45) is 0 Å². The minimum Gasteiger partial charge on any atom is -0.492 e. The molecule has 0 aliphatic rings. The predicted molar refractivity (Wildman–Crippen MR) is 91.6 cm³/mol. The number of aryl methyl sites for hydroxylation is 1. The van der Waals surface area contributed by atoms with Gasteiger partial charge in [-0.2, -0.15) is 0 Å². The van der Waals surface area contributed by atoms with E-state index in [-0.39, 0.29) is 17.2 Å². The number of carboxylic acids is 1. The summed E-state index contributed by atoms with van der Waals surface area (Å²) in [5, 5.41) is 9.11. The summed E-state index contributed by atoms with van der Waals surface area (Å²) in [5.41, 5.74) is 0.0281. The molecule has 7 heteroatoms. The van der Waals surface area contributed by atoms with Crippen molar-refractivity contribution < 1.29 is 23.8 Å². The van der Waals surface area contributed by atoms with E-state index in [4.69, 9.17) is 14.3 Å². The van der Waals surface area contributed by atoms with Gasteiger partial charge >= 0.3 is 5.97 Å². The fourth-order valence-corrected chi connectivity index (χ4v) is 2.36. The first-order valence-electron chi connectivity index (χ1n) is 7.42. The topological polar surface area (TPSA) is 80.0 Å². The third-order valence-electron chi connectivity index (χ3n) is 3.43. The lowest BCUT2D eigenvalue weighted by Crippen LogP contribution is -2.30. The number of rotatable bonds is 7. The minimum absolute atomic E-state index is 0.0235. The lowest BCUT2D eigenvalue weighted by molar-refractivity contribution is 0.0692. The van der Waals surface area contributed by atoms with Crippen LogP contribution in [0.3, 0.4) is 0 Å². The fourth-order valence-electron chi connectivity index (χ4n) is 2.10. The first-order valence-corrected chi connectivity index (χ1v) is 8.21. The third kappa shape index (κ3) is 4.38. The van der Waals surface area contributed by atoms with E-state index >= 15 is 0 Å². The van der Waals surface area contributed by atoms with Crippen LogP contribution in [-0.2, 0) is 6.42 Å². The maximum Gasteiger partial charge on any atom is 0.339 e. The van der Waals surface area contributed by atoms with Crippen molar-refractivity contribution in [3.05, 3.63) is 51.9 Å². The van der Waals surface area contributed by atoms with Crippen LogP contribution in [0.25, 0.3) is 0 Å². The Morgan fingerprint density at radius 3 is 2.50 bits per heavy atom. The van der Waals surface area contributed by atoms with Crippen molar-refractivity contribution in [1.82, 2.24) is 4.90 Å². The minimum atomic E-state index is -1.10. The lowest BCUT2D eigenvalue weighted by Gasteiger charge is -2.16. The molecule has 0 saturated heterocycles. The Balaban J connectivity index is 1.94. The largest absolute Gasteiger partial charge is 0.492 e. The number of benzene rings is 1. The van der Waals surface area contributed by atoms with Gasteiger partial charge in [0.25, 0.3) is 5.91 Å². The summed E-state index contributed by atoms with van der Waals surface area (Å²) in [7, 11) is 1.61. The van der Waals surface area contributed by atoms with E-state index in [1.807, 2.05) is 24.3 Å². The SMILES string of the molecule is CCc1oc(C(=O)N(C)CCOc2ccc(Br)cc2)cc1C(=O)O. The van der Waals surface area contributed by atoms with Crippen LogP contribution in [0.15, 0.2) is 39.2 Å². The molecule has 0 aliphatic carbocycles. The van der Waals surface area contributed by atoms with Gasteiger partial charge in [-0.1, -0.05) is 22.9 Å². The average Bonchev–Trinajstić information content (AvgIpc) is 3.00. The van der Waals surface area contributed by atoms with Crippen LogP contribution in [0, 0.1) is 0 Å². The van der Waals surface area contributed by atoms with Crippen molar-refractivity contribution in [3.8, 4) is 5.75 Å². The highest BCUT2D eigenvalue weighted by atomic mass is 79.9. The molecule has 0 radical (unpaired) electrons. The van der Waals surface area contributed by atoms with Crippen LogP contribution in [0.2, 0.25) is 0 Å². The number of amides is 1. The molecule has 0 spiro atoms. The van der Waals surface area contributed by atoms with Crippen LogP contribution in [0.4, 0.5) is 0 Å². The van der Waals surface area contributed by atoms with Crippen LogP contribution in [-0.4, -0.2) is 42.1 Å². The van der Waals surface area contributed by atoms with E-state index in [2.05, 4.69) is 15.9 Å². The number of hydrogen-bond donors (Lipinski definition) is 1. The molecule has 1 aromatic heterocycles. The molecule has 24 heavy (non-hydrogen) atoms. The van der Waals surface area contributed by atoms with E-state index < -0.39 is 5.97 Å². The standard InChI is InChI=1S/C17H18BrNO5/c1-3-14-13(17(21)22)10-15(24-14)16(20)19(2)8-9-23-12-6-4-11(18)5-7-12/h4-7,10H,3,8-9H2,1-2H3,(H,21,22). The van der Waals surface area contributed by atoms with Crippen molar-refractivity contribution >= 4 is 27.8 Å². The van der Waals surface area contributed by atoms with Gasteiger partial charge in [0.15, 0.2) is 5.76 Å². The molecule has 2 rings (SSSR count). The van der Waals surface area contributed by atoms with Crippen LogP contribution < -0.4 is 4.74 Å². The molecule has 128 valence electrons. The molecule has 1 amide bonds. The number of likely N-dealkylation sites (N-methyl/N-ethyl adjacent to an activating group) is 1. The summed E-state index contributed by atoms with van der Waals surface area (Å²) >= 11 is 3.34. The summed E-state index contributed by atoms with van der Waals surface area (Å²) < 4.78 is 11.9. The van der Waals surface area contributed by atoms with E-state index in [0.29, 0.717) is 31.1 Å². The second kappa shape index (κ2) is 8.01. The van der Waals surface area contributed by atoms with Gasteiger partial charge in [0, 0.05) is 24.0 Å². The van der Waals surface area contributed by atoms with Gasteiger partial charge in [-0.05, 0) is 24.3 Å². The number of ether oxygens (including phenoxy) is 1. The van der Waals surface area contributed by atoms with Gasteiger partial charge in [0.05, 0.1) is 6.54 Å². The van der Waals surface area contributed by atoms with Gasteiger partial charge in [0.2, 0.25) is 0 Å². The number of hydrogen-bond acceptors (Lipinski definition) is 4. The van der Waals surface area contributed by atoms with Gasteiger partial charge in [-0.25, -0.2) is 4.79 Å². The summed E-state index contributed by atoms with van der Waals surface area (Å²) in [6.07, 6.45) is 0.408. The summed E-state index contributed by atoms with van der Waals surface area (Å²) in [5.74, 6) is -0.452. The molecule has 1 aromatic carbocycles. The van der Waals surface area contributed by atoms with Crippen LogP contribution in [0.1, 0.15) is 33.6 Å². The molecule has 0 unspecified atom stereocenters. The van der Waals surface area contributed by atoms with Crippen LogP contribution >= 0.6 is 15.9 Å². The third-order valence-corrected chi connectivity index (χ3v) is 3.96.